The third-order valence-electron chi connectivity index (χ3n) is 4.51. The summed E-state index contributed by atoms with van der Waals surface area (Å²) in [5, 5.41) is 8.53. The Bertz CT molecular complexity index is 1470. The second-order valence-corrected chi connectivity index (χ2v) is 9.15. The molecule has 0 aliphatic carbocycles. The van der Waals surface area contributed by atoms with Gasteiger partial charge in [-0.05, 0) is 49.4 Å². The van der Waals surface area contributed by atoms with E-state index in [1.54, 1.807) is 12.3 Å². The van der Waals surface area contributed by atoms with Crippen molar-refractivity contribution in [3.63, 3.8) is 0 Å². The van der Waals surface area contributed by atoms with E-state index in [4.69, 9.17) is 0 Å². The third-order valence-corrected chi connectivity index (χ3v) is 6.68. The van der Waals surface area contributed by atoms with E-state index in [0.29, 0.717) is 12.1 Å². The van der Waals surface area contributed by atoms with Crippen LogP contribution in [-0.4, -0.2) is 29.1 Å². The number of anilines is 2. The van der Waals surface area contributed by atoms with Gasteiger partial charge >= 0.3 is 0 Å². The standard InChI is InChI=1S/C20H16FN5O4S2/c1-2-26-16-8-3-12(21)11-15(16)18(27)17(24-26)19(28)23-13-4-6-14(7-5-13)32(29,30)25-20-22-9-10-31-20/h3-11H,2H2,1H3,(H,22,25)(H,23,28). The van der Waals surface area contributed by atoms with Crippen molar-refractivity contribution in [2.45, 2.75) is 18.4 Å². The topological polar surface area (TPSA) is 123 Å². The molecule has 2 aromatic heterocycles. The van der Waals surface area contributed by atoms with Crippen LogP contribution in [0, 0.1) is 5.82 Å². The van der Waals surface area contributed by atoms with Crippen LogP contribution in [0.1, 0.15) is 17.4 Å². The van der Waals surface area contributed by atoms with Gasteiger partial charge in [0.2, 0.25) is 5.43 Å². The van der Waals surface area contributed by atoms with Gasteiger partial charge in [-0.25, -0.2) is 17.8 Å². The fourth-order valence-corrected chi connectivity index (χ4v) is 4.80. The summed E-state index contributed by atoms with van der Waals surface area (Å²) in [5.74, 6) is -1.39. The van der Waals surface area contributed by atoms with Crippen molar-refractivity contribution in [2.75, 3.05) is 10.0 Å². The number of aromatic nitrogens is 3. The fraction of sp³-hybridized carbons (Fsp3) is 0.100. The van der Waals surface area contributed by atoms with Crippen LogP contribution in [0.2, 0.25) is 0 Å². The number of hydrogen-bond donors (Lipinski definition) is 2. The number of carbonyl (C=O) groups is 1. The summed E-state index contributed by atoms with van der Waals surface area (Å²) >= 11 is 1.14. The molecule has 9 nitrogen and oxygen atoms in total. The van der Waals surface area contributed by atoms with E-state index >= 15 is 0 Å². The molecule has 32 heavy (non-hydrogen) atoms. The first kappa shape index (κ1) is 21.6. The molecule has 0 aliphatic heterocycles. The molecule has 0 radical (unpaired) electrons. The molecule has 164 valence electrons. The molecule has 0 unspecified atom stereocenters. The van der Waals surface area contributed by atoms with Crippen LogP contribution in [0.4, 0.5) is 15.2 Å². The Hall–Kier alpha value is -3.64. The van der Waals surface area contributed by atoms with Crippen molar-refractivity contribution in [3.8, 4) is 0 Å². The average molecular weight is 474 g/mol. The van der Waals surface area contributed by atoms with E-state index < -0.39 is 32.9 Å². The van der Waals surface area contributed by atoms with Crippen molar-refractivity contribution in [1.82, 2.24) is 14.8 Å². The second kappa shape index (κ2) is 8.48. The molecule has 0 fully saturated rings. The van der Waals surface area contributed by atoms with Crippen molar-refractivity contribution < 1.29 is 17.6 Å². The number of sulfonamides is 1. The van der Waals surface area contributed by atoms with Gasteiger partial charge in [0, 0.05) is 23.8 Å². The number of carbonyl (C=O) groups excluding carboxylic acids is 1. The Kier molecular flexibility index (Phi) is 5.72. The predicted octanol–water partition coefficient (Wildman–Crippen LogP) is 3.07. The number of fused-ring (bicyclic) bond motifs is 1. The van der Waals surface area contributed by atoms with Crippen LogP contribution < -0.4 is 15.5 Å². The summed E-state index contributed by atoms with van der Waals surface area (Å²) in [4.78, 5) is 29.3. The van der Waals surface area contributed by atoms with E-state index in [9.17, 15) is 22.4 Å². The highest BCUT2D eigenvalue weighted by Gasteiger charge is 2.19. The van der Waals surface area contributed by atoms with E-state index in [0.717, 1.165) is 17.4 Å². The largest absolute Gasteiger partial charge is 0.320 e. The number of thiazole rings is 1. The summed E-state index contributed by atoms with van der Waals surface area (Å²) in [6.45, 7) is 2.14. The average Bonchev–Trinajstić information content (AvgIpc) is 3.27. The van der Waals surface area contributed by atoms with Crippen LogP contribution in [0.25, 0.3) is 10.9 Å². The van der Waals surface area contributed by atoms with E-state index in [1.807, 2.05) is 0 Å². The number of amides is 1. The number of halogens is 1. The summed E-state index contributed by atoms with van der Waals surface area (Å²) in [7, 11) is -3.84. The number of benzene rings is 2. The molecule has 0 saturated carbocycles. The second-order valence-electron chi connectivity index (χ2n) is 6.58. The maximum atomic E-state index is 13.7. The van der Waals surface area contributed by atoms with Gasteiger partial charge in [-0.1, -0.05) is 0 Å². The lowest BCUT2D eigenvalue weighted by molar-refractivity contribution is 0.101. The van der Waals surface area contributed by atoms with Crippen LogP contribution in [0.3, 0.4) is 0 Å². The van der Waals surface area contributed by atoms with Crippen molar-refractivity contribution in [3.05, 3.63) is 75.8 Å². The first-order valence-electron chi connectivity index (χ1n) is 9.32. The number of nitrogens with one attached hydrogen (secondary N) is 2. The SMILES string of the molecule is CCn1nc(C(=O)Nc2ccc(S(=O)(=O)Nc3nccs3)cc2)c(=O)c2cc(F)ccc21. The minimum Gasteiger partial charge on any atom is -0.320 e. The van der Waals surface area contributed by atoms with Crippen LogP contribution in [0.5, 0.6) is 0 Å². The molecule has 2 N–H and O–H groups in total. The molecular formula is C20H16FN5O4S2. The molecule has 0 bridgehead atoms. The third kappa shape index (κ3) is 4.22. The zero-order valence-electron chi connectivity index (χ0n) is 16.6. The summed E-state index contributed by atoms with van der Waals surface area (Å²) in [6.07, 6.45) is 1.48. The van der Waals surface area contributed by atoms with Crippen LogP contribution in [0.15, 0.2) is 63.7 Å². The Morgan fingerprint density at radius 3 is 2.59 bits per heavy atom. The van der Waals surface area contributed by atoms with E-state index in [-0.39, 0.29) is 21.1 Å². The van der Waals surface area contributed by atoms with Crippen molar-refractivity contribution in [1.29, 1.82) is 0 Å². The van der Waals surface area contributed by atoms with Gasteiger partial charge in [0.1, 0.15) is 5.82 Å². The summed E-state index contributed by atoms with van der Waals surface area (Å²) < 4.78 is 42.3. The van der Waals surface area contributed by atoms with Gasteiger partial charge in [-0.2, -0.15) is 5.10 Å². The van der Waals surface area contributed by atoms with Gasteiger partial charge in [0.25, 0.3) is 15.9 Å². The lowest BCUT2D eigenvalue weighted by Crippen LogP contribution is -2.27. The zero-order valence-corrected chi connectivity index (χ0v) is 18.2. The molecular weight excluding hydrogens is 457 g/mol. The van der Waals surface area contributed by atoms with Gasteiger partial charge < -0.3 is 5.32 Å². The first-order valence-corrected chi connectivity index (χ1v) is 11.7. The highest BCUT2D eigenvalue weighted by atomic mass is 32.2. The Labute approximate surface area is 185 Å². The highest BCUT2D eigenvalue weighted by Crippen LogP contribution is 2.20. The van der Waals surface area contributed by atoms with Gasteiger partial charge in [-0.3, -0.25) is 19.0 Å². The normalized spacial score (nSPS) is 11.4. The minimum absolute atomic E-state index is 0.0293. The molecule has 0 spiro atoms. The maximum Gasteiger partial charge on any atom is 0.280 e. The number of hydrogen-bond acceptors (Lipinski definition) is 7. The van der Waals surface area contributed by atoms with Crippen molar-refractivity contribution >= 4 is 49.0 Å². The Balaban J connectivity index is 1.60. The Morgan fingerprint density at radius 1 is 1.19 bits per heavy atom. The summed E-state index contributed by atoms with van der Waals surface area (Å²) in [6, 6.07) is 9.09. The zero-order chi connectivity index (χ0) is 22.9. The van der Waals surface area contributed by atoms with Gasteiger partial charge in [0.15, 0.2) is 10.8 Å². The molecule has 4 aromatic rings. The highest BCUT2D eigenvalue weighted by molar-refractivity contribution is 7.93. The molecule has 12 heteroatoms. The quantitative estimate of drug-likeness (QED) is 0.444. The molecule has 2 heterocycles. The van der Waals surface area contributed by atoms with E-state index in [1.165, 1.54) is 47.3 Å². The summed E-state index contributed by atoms with van der Waals surface area (Å²) in [5.41, 5.74) is -0.426. The fourth-order valence-electron chi connectivity index (χ4n) is 3.01. The van der Waals surface area contributed by atoms with E-state index in [2.05, 4.69) is 20.1 Å². The predicted molar refractivity (Wildman–Crippen MR) is 119 cm³/mol. The molecule has 0 atom stereocenters. The van der Waals surface area contributed by atoms with Crippen molar-refractivity contribution in [2.24, 2.45) is 0 Å². The lowest BCUT2D eigenvalue weighted by Gasteiger charge is -2.11. The number of aryl methyl sites for hydroxylation is 1. The Morgan fingerprint density at radius 2 is 1.94 bits per heavy atom. The molecule has 2 aromatic carbocycles. The lowest BCUT2D eigenvalue weighted by atomic mass is 10.2. The van der Waals surface area contributed by atoms with Gasteiger partial charge in [0.05, 0.1) is 15.8 Å². The smallest absolute Gasteiger partial charge is 0.280 e. The maximum absolute atomic E-state index is 13.7. The monoisotopic (exact) mass is 473 g/mol. The van der Waals surface area contributed by atoms with Crippen LogP contribution in [-0.2, 0) is 16.6 Å². The van der Waals surface area contributed by atoms with Gasteiger partial charge in [-0.15, -0.1) is 11.3 Å². The molecule has 1 amide bonds. The number of nitrogens with zero attached hydrogens (tertiary/aromatic N) is 3. The first-order chi connectivity index (χ1) is 15.3. The van der Waals surface area contributed by atoms with Crippen LogP contribution >= 0.6 is 11.3 Å². The molecule has 0 saturated heterocycles. The molecule has 0 aliphatic rings. The number of rotatable bonds is 6. The minimum atomic E-state index is -3.84. The molecule has 4 rings (SSSR count).